The van der Waals surface area contributed by atoms with Crippen LogP contribution in [0.15, 0.2) is 24.3 Å². The zero-order valence-corrected chi connectivity index (χ0v) is 13.2. The molecule has 1 aliphatic rings. The number of nitrogens with one attached hydrogen (secondary N) is 2. The molecule has 0 aromatic heterocycles. The van der Waals surface area contributed by atoms with Crippen molar-refractivity contribution in [2.75, 3.05) is 13.1 Å². The summed E-state index contributed by atoms with van der Waals surface area (Å²) in [6.07, 6.45) is 2.16. The molecule has 1 aliphatic heterocycles. The lowest BCUT2D eigenvalue weighted by Gasteiger charge is -2.25. The molecule has 1 heterocycles. The van der Waals surface area contributed by atoms with Crippen molar-refractivity contribution in [3.63, 3.8) is 0 Å². The van der Waals surface area contributed by atoms with Gasteiger partial charge in [-0.15, -0.1) is 0 Å². The van der Waals surface area contributed by atoms with Gasteiger partial charge in [0, 0.05) is 12.1 Å². The first-order chi connectivity index (χ1) is 10.1. The summed E-state index contributed by atoms with van der Waals surface area (Å²) in [5, 5.41) is 6.40. The van der Waals surface area contributed by atoms with Gasteiger partial charge in [0.2, 0.25) is 5.91 Å². The third-order valence-electron chi connectivity index (χ3n) is 3.77. The number of benzene rings is 1. The van der Waals surface area contributed by atoms with E-state index in [1.807, 2.05) is 45.0 Å². The zero-order chi connectivity index (χ0) is 15.2. The predicted octanol–water partition coefficient (Wildman–Crippen LogP) is 2.65. The van der Waals surface area contributed by atoms with Gasteiger partial charge < -0.3 is 15.4 Å². The molecule has 2 unspecified atom stereocenters. The Bertz CT molecular complexity index is 468. The van der Waals surface area contributed by atoms with Crippen LogP contribution >= 0.6 is 0 Å². The molecule has 0 bridgehead atoms. The van der Waals surface area contributed by atoms with Crippen molar-refractivity contribution >= 4 is 5.91 Å². The molecule has 2 rings (SSSR count). The summed E-state index contributed by atoms with van der Waals surface area (Å²) < 4.78 is 5.83. The van der Waals surface area contributed by atoms with Crippen molar-refractivity contribution in [3.05, 3.63) is 29.8 Å². The molecular weight excluding hydrogens is 264 g/mol. The first-order valence-corrected chi connectivity index (χ1v) is 7.84. The van der Waals surface area contributed by atoms with Crippen molar-refractivity contribution < 1.29 is 9.53 Å². The summed E-state index contributed by atoms with van der Waals surface area (Å²) in [6.45, 7) is 7.82. The second-order valence-electron chi connectivity index (χ2n) is 5.98. The lowest BCUT2D eigenvalue weighted by Crippen LogP contribution is -2.41. The molecule has 4 heteroatoms. The normalized spacial score (nSPS) is 20.1. The van der Waals surface area contributed by atoms with Crippen LogP contribution in [-0.4, -0.2) is 25.1 Å². The number of carbonyl (C=O) groups is 1. The van der Waals surface area contributed by atoms with E-state index >= 15 is 0 Å². The molecule has 1 saturated heterocycles. The van der Waals surface area contributed by atoms with E-state index in [-0.39, 0.29) is 24.0 Å². The van der Waals surface area contributed by atoms with E-state index in [1.54, 1.807) is 0 Å². The number of ether oxygens (including phenoxy) is 1. The lowest BCUT2D eigenvalue weighted by atomic mass is 9.98. The first kappa shape index (κ1) is 15.8. The maximum Gasteiger partial charge on any atom is 0.224 e. The monoisotopic (exact) mass is 290 g/mol. The molecular formula is C17H26N2O2. The second kappa shape index (κ2) is 7.46. The molecule has 2 N–H and O–H groups in total. The average Bonchev–Trinajstić information content (AvgIpc) is 2.48. The molecule has 0 aliphatic carbocycles. The van der Waals surface area contributed by atoms with E-state index in [1.165, 1.54) is 0 Å². The van der Waals surface area contributed by atoms with Crippen LogP contribution in [0.5, 0.6) is 5.75 Å². The number of amides is 1. The summed E-state index contributed by atoms with van der Waals surface area (Å²) in [4.78, 5) is 12.3. The van der Waals surface area contributed by atoms with Crippen LogP contribution in [0.2, 0.25) is 0 Å². The molecule has 0 saturated carbocycles. The van der Waals surface area contributed by atoms with E-state index in [2.05, 4.69) is 10.6 Å². The molecule has 0 radical (unpaired) electrons. The number of hydrogen-bond donors (Lipinski definition) is 2. The minimum Gasteiger partial charge on any atom is -0.491 e. The Kier molecular flexibility index (Phi) is 5.62. The summed E-state index contributed by atoms with van der Waals surface area (Å²) in [7, 11) is 0. The topological polar surface area (TPSA) is 50.4 Å². The van der Waals surface area contributed by atoms with Gasteiger partial charge >= 0.3 is 0 Å². The van der Waals surface area contributed by atoms with Crippen LogP contribution in [0.25, 0.3) is 0 Å². The van der Waals surface area contributed by atoms with Gasteiger partial charge in [-0.1, -0.05) is 18.2 Å². The van der Waals surface area contributed by atoms with Gasteiger partial charge in [0.1, 0.15) is 5.75 Å². The Labute approximate surface area is 127 Å². The van der Waals surface area contributed by atoms with Crippen LogP contribution in [0.1, 0.15) is 45.2 Å². The number of piperidine rings is 1. The lowest BCUT2D eigenvalue weighted by molar-refractivity contribution is -0.126. The van der Waals surface area contributed by atoms with Gasteiger partial charge in [-0.2, -0.15) is 0 Å². The molecule has 1 aromatic carbocycles. The number of para-hydroxylation sites is 1. The largest absolute Gasteiger partial charge is 0.491 e. The van der Waals surface area contributed by atoms with Crippen molar-refractivity contribution in [1.29, 1.82) is 0 Å². The fraction of sp³-hybridized carbons (Fsp3) is 0.588. The number of hydrogen-bond acceptors (Lipinski definition) is 3. The Morgan fingerprint density at radius 1 is 1.33 bits per heavy atom. The third kappa shape index (κ3) is 4.46. The first-order valence-electron chi connectivity index (χ1n) is 7.84. The van der Waals surface area contributed by atoms with Gasteiger partial charge in [0.05, 0.1) is 18.1 Å². The van der Waals surface area contributed by atoms with Crippen LogP contribution < -0.4 is 15.4 Å². The molecule has 4 nitrogen and oxygen atoms in total. The van der Waals surface area contributed by atoms with Crippen LogP contribution in [0.3, 0.4) is 0 Å². The Balaban J connectivity index is 2.02. The Morgan fingerprint density at radius 2 is 2.10 bits per heavy atom. The maximum absolute atomic E-state index is 12.3. The van der Waals surface area contributed by atoms with Gasteiger partial charge in [0.25, 0.3) is 0 Å². The van der Waals surface area contributed by atoms with Crippen LogP contribution in [-0.2, 0) is 4.79 Å². The third-order valence-corrected chi connectivity index (χ3v) is 3.77. The molecule has 1 aromatic rings. The van der Waals surface area contributed by atoms with Gasteiger partial charge in [-0.3, -0.25) is 4.79 Å². The highest BCUT2D eigenvalue weighted by atomic mass is 16.5. The minimum atomic E-state index is -0.0469. The smallest absolute Gasteiger partial charge is 0.224 e. The number of rotatable bonds is 5. The summed E-state index contributed by atoms with van der Waals surface area (Å²) in [5.41, 5.74) is 1.03. The Hall–Kier alpha value is -1.55. The SMILES string of the molecule is CC(C)Oc1ccccc1C(C)NC(=O)C1CCCNC1. The summed E-state index contributed by atoms with van der Waals surface area (Å²) >= 11 is 0. The van der Waals surface area contributed by atoms with E-state index in [0.717, 1.165) is 37.2 Å². The van der Waals surface area contributed by atoms with Crippen molar-refractivity contribution in [2.24, 2.45) is 5.92 Å². The fourth-order valence-corrected chi connectivity index (χ4v) is 2.68. The quantitative estimate of drug-likeness (QED) is 0.876. The summed E-state index contributed by atoms with van der Waals surface area (Å²) in [5.74, 6) is 1.07. The van der Waals surface area contributed by atoms with E-state index in [4.69, 9.17) is 4.74 Å². The highest BCUT2D eigenvalue weighted by Crippen LogP contribution is 2.26. The minimum absolute atomic E-state index is 0.0469. The van der Waals surface area contributed by atoms with Crippen LogP contribution in [0, 0.1) is 5.92 Å². The van der Waals surface area contributed by atoms with E-state index in [9.17, 15) is 4.79 Å². The fourth-order valence-electron chi connectivity index (χ4n) is 2.68. The molecule has 21 heavy (non-hydrogen) atoms. The predicted molar refractivity (Wildman–Crippen MR) is 84.4 cm³/mol. The van der Waals surface area contributed by atoms with Gasteiger partial charge in [-0.25, -0.2) is 0 Å². The maximum atomic E-state index is 12.3. The van der Waals surface area contributed by atoms with Crippen molar-refractivity contribution in [1.82, 2.24) is 10.6 Å². The standard InChI is InChI=1S/C17H26N2O2/c1-12(2)21-16-9-5-4-8-15(16)13(3)19-17(20)14-7-6-10-18-11-14/h4-5,8-9,12-14,18H,6-7,10-11H2,1-3H3,(H,19,20). The van der Waals surface area contributed by atoms with E-state index in [0.29, 0.717) is 0 Å². The molecule has 1 fully saturated rings. The molecule has 116 valence electrons. The van der Waals surface area contributed by atoms with Crippen molar-refractivity contribution in [3.8, 4) is 5.75 Å². The molecule has 1 amide bonds. The Morgan fingerprint density at radius 3 is 2.76 bits per heavy atom. The summed E-state index contributed by atoms with van der Waals surface area (Å²) in [6, 6.07) is 7.87. The van der Waals surface area contributed by atoms with Crippen LogP contribution in [0.4, 0.5) is 0 Å². The highest BCUT2D eigenvalue weighted by molar-refractivity contribution is 5.79. The van der Waals surface area contributed by atoms with E-state index < -0.39 is 0 Å². The molecule has 0 spiro atoms. The molecule has 2 atom stereocenters. The number of carbonyl (C=O) groups excluding carboxylic acids is 1. The average molecular weight is 290 g/mol. The highest BCUT2D eigenvalue weighted by Gasteiger charge is 2.23. The van der Waals surface area contributed by atoms with Crippen molar-refractivity contribution in [2.45, 2.75) is 45.8 Å². The second-order valence-corrected chi connectivity index (χ2v) is 5.98. The van der Waals surface area contributed by atoms with Gasteiger partial charge in [0.15, 0.2) is 0 Å². The zero-order valence-electron chi connectivity index (χ0n) is 13.2. The van der Waals surface area contributed by atoms with Gasteiger partial charge in [-0.05, 0) is 46.2 Å².